The lowest BCUT2D eigenvalue weighted by Gasteiger charge is -2.18. The third-order valence-electron chi connectivity index (χ3n) is 5.32. The Kier molecular flexibility index (Phi) is 7.32. The molecule has 3 aromatic heterocycles. The zero-order valence-electron chi connectivity index (χ0n) is 20.9. The number of sulfonamides is 1. The molecule has 0 aliphatic rings. The summed E-state index contributed by atoms with van der Waals surface area (Å²) in [6, 6.07) is 12.4. The van der Waals surface area contributed by atoms with Crippen LogP contribution in [0.15, 0.2) is 72.1 Å². The van der Waals surface area contributed by atoms with Crippen molar-refractivity contribution in [1.82, 2.24) is 15.0 Å². The first-order chi connectivity index (χ1) is 18.0. The zero-order valence-corrected chi connectivity index (χ0v) is 21.8. The molecular formula is C25H25N5O7S. The first kappa shape index (κ1) is 26.6. The molecule has 0 radical (unpaired) electrons. The van der Waals surface area contributed by atoms with Crippen molar-refractivity contribution < 1.29 is 32.5 Å². The van der Waals surface area contributed by atoms with Gasteiger partial charge >= 0.3 is 0 Å². The van der Waals surface area contributed by atoms with Crippen LogP contribution < -0.4 is 23.7 Å². The lowest BCUT2D eigenvalue weighted by molar-refractivity contribution is -0.605. The Morgan fingerprint density at radius 1 is 0.974 bits per heavy atom. The number of benzene rings is 1. The summed E-state index contributed by atoms with van der Waals surface area (Å²) in [6.45, 7) is 3.12. The second kappa shape index (κ2) is 10.5. The van der Waals surface area contributed by atoms with Gasteiger partial charge in [-0.1, -0.05) is 18.2 Å². The Balaban J connectivity index is 1.83. The minimum atomic E-state index is -4.29. The van der Waals surface area contributed by atoms with Gasteiger partial charge in [0.2, 0.25) is 5.75 Å². The van der Waals surface area contributed by atoms with Crippen molar-refractivity contribution in [2.24, 2.45) is 0 Å². The van der Waals surface area contributed by atoms with Crippen molar-refractivity contribution in [2.45, 2.75) is 24.5 Å². The molecule has 2 N–H and O–H groups in total. The molecule has 0 saturated carbocycles. The van der Waals surface area contributed by atoms with Crippen molar-refractivity contribution >= 4 is 15.8 Å². The number of aliphatic hydroxyl groups is 1. The smallest absolute Gasteiger partial charge is 0.280 e. The van der Waals surface area contributed by atoms with Crippen molar-refractivity contribution in [2.75, 3.05) is 18.9 Å². The molecule has 0 saturated heterocycles. The maximum atomic E-state index is 13.3. The summed E-state index contributed by atoms with van der Waals surface area (Å²) in [5.74, 6) is 0.238. The van der Waals surface area contributed by atoms with E-state index in [9.17, 15) is 18.7 Å². The summed E-state index contributed by atoms with van der Waals surface area (Å²) < 4.78 is 46.4. The summed E-state index contributed by atoms with van der Waals surface area (Å²) >= 11 is 0. The van der Waals surface area contributed by atoms with E-state index in [1.165, 1.54) is 57.1 Å². The Morgan fingerprint density at radius 2 is 1.66 bits per heavy atom. The zero-order chi connectivity index (χ0) is 27.5. The van der Waals surface area contributed by atoms with Crippen LogP contribution in [-0.4, -0.2) is 42.7 Å². The summed E-state index contributed by atoms with van der Waals surface area (Å²) in [5.41, 5.74) is -0.347. The lowest BCUT2D eigenvalue weighted by Crippen LogP contribution is -2.23. The molecule has 0 spiro atoms. The quantitative estimate of drug-likeness (QED) is 0.239. The number of ether oxygens (including phenoxy) is 3. The molecule has 198 valence electrons. The van der Waals surface area contributed by atoms with E-state index in [1.54, 1.807) is 38.1 Å². The minimum Gasteiger partial charge on any atom is -0.619 e. The summed E-state index contributed by atoms with van der Waals surface area (Å²) in [6.07, 6.45) is 3.78. The molecule has 0 unspecified atom stereocenters. The number of hydrogen-bond acceptors (Lipinski definition) is 10. The molecular weight excluding hydrogens is 514 g/mol. The maximum Gasteiger partial charge on any atom is 0.280 e. The van der Waals surface area contributed by atoms with Gasteiger partial charge in [-0.05, 0) is 32.0 Å². The van der Waals surface area contributed by atoms with Crippen molar-refractivity contribution in [3.63, 3.8) is 0 Å². The fourth-order valence-electron chi connectivity index (χ4n) is 3.31. The van der Waals surface area contributed by atoms with Crippen molar-refractivity contribution in [3.8, 4) is 34.5 Å². The summed E-state index contributed by atoms with van der Waals surface area (Å²) in [7, 11) is -1.49. The molecule has 38 heavy (non-hydrogen) atoms. The van der Waals surface area contributed by atoms with E-state index in [0.717, 1.165) is 0 Å². The fourth-order valence-corrected chi connectivity index (χ4v) is 4.25. The van der Waals surface area contributed by atoms with E-state index >= 15 is 0 Å². The number of nitrogens with one attached hydrogen (secondary N) is 1. The Hall–Kier alpha value is -4.49. The van der Waals surface area contributed by atoms with Crippen LogP contribution >= 0.6 is 0 Å². The first-order valence-corrected chi connectivity index (χ1v) is 12.7. The molecule has 3 heterocycles. The molecule has 0 atom stereocenters. The average molecular weight is 540 g/mol. The minimum absolute atomic E-state index is 0.0675. The second-order valence-corrected chi connectivity index (χ2v) is 10.1. The SMILES string of the molecule is COc1ccccc1Oc1c(NS(=O)(=O)c2ccc(C(C)(C)O)cn2)nc(-c2cc[n+]([O-])cc2)nc1OC. The molecule has 1 aromatic carbocycles. The van der Waals surface area contributed by atoms with Gasteiger partial charge in [0.15, 0.2) is 40.6 Å². The number of aromatic nitrogens is 4. The topological polar surface area (TPSA) is 160 Å². The van der Waals surface area contributed by atoms with Crippen LogP contribution in [0, 0.1) is 5.21 Å². The Morgan fingerprint density at radius 3 is 2.24 bits per heavy atom. The van der Waals surface area contributed by atoms with Gasteiger partial charge < -0.3 is 24.5 Å². The molecule has 0 bridgehead atoms. The van der Waals surface area contributed by atoms with Crippen LogP contribution in [0.25, 0.3) is 11.4 Å². The van der Waals surface area contributed by atoms with Gasteiger partial charge in [0.1, 0.15) is 0 Å². The van der Waals surface area contributed by atoms with Gasteiger partial charge in [-0.3, -0.25) is 4.72 Å². The first-order valence-electron chi connectivity index (χ1n) is 11.2. The number of pyridine rings is 2. The highest BCUT2D eigenvalue weighted by Gasteiger charge is 2.26. The maximum absolute atomic E-state index is 13.3. The molecule has 4 aromatic rings. The van der Waals surface area contributed by atoms with Crippen LogP contribution in [-0.2, 0) is 15.6 Å². The third kappa shape index (κ3) is 5.74. The van der Waals surface area contributed by atoms with E-state index in [2.05, 4.69) is 19.7 Å². The van der Waals surface area contributed by atoms with E-state index < -0.39 is 15.6 Å². The summed E-state index contributed by atoms with van der Waals surface area (Å²) in [4.78, 5) is 12.7. The molecule has 0 amide bonds. The summed E-state index contributed by atoms with van der Waals surface area (Å²) in [5, 5.41) is 21.3. The molecule has 12 nitrogen and oxygen atoms in total. The number of para-hydroxylation sites is 2. The second-order valence-electron chi connectivity index (χ2n) is 8.48. The average Bonchev–Trinajstić information content (AvgIpc) is 2.89. The number of anilines is 1. The molecule has 0 fully saturated rings. The molecule has 13 heteroatoms. The Bertz CT molecular complexity index is 1540. The van der Waals surface area contributed by atoms with Crippen LogP contribution in [0.5, 0.6) is 23.1 Å². The number of rotatable bonds is 9. The third-order valence-corrected chi connectivity index (χ3v) is 6.57. The van der Waals surface area contributed by atoms with Crippen molar-refractivity contribution in [1.29, 1.82) is 0 Å². The van der Waals surface area contributed by atoms with Crippen LogP contribution in [0.4, 0.5) is 5.82 Å². The molecule has 0 aliphatic carbocycles. The largest absolute Gasteiger partial charge is 0.619 e. The Labute approximate surface area is 219 Å². The van der Waals surface area contributed by atoms with Crippen molar-refractivity contribution in [3.05, 3.63) is 77.9 Å². The van der Waals surface area contributed by atoms with E-state index in [4.69, 9.17) is 14.2 Å². The highest BCUT2D eigenvalue weighted by Crippen LogP contribution is 2.41. The molecule has 0 aliphatic heterocycles. The van der Waals surface area contributed by atoms with Gasteiger partial charge in [0.25, 0.3) is 15.9 Å². The monoisotopic (exact) mass is 539 g/mol. The highest BCUT2D eigenvalue weighted by molar-refractivity contribution is 7.92. The van der Waals surface area contributed by atoms with Gasteiger partial charge in [-0.25, -0.2) is 9.97 Å². The van der Waals surface area contributed by atoms with E-state index in [1.807, 2.05) is 0 Å². The predicted molar refractivity (Wildman–Crippen MR) is 136 cm³/mol. The normalized spacial score (nSPS) is 11.6. The van der Waals surface area contributed by atoms with Gasteiger partial charge in [-0.2, -0.15) is 18.1 Å². The highest BCUT2D eigenvalue weighted by atomic mass is 32.2. The van der Waals surface area contributed by atoms with E-state index in [-0.39, 0.29) is 34.0 Å². The van der Waals surface area contributed by atoms with Gasteiger partial charge in [0.05, 0.1) is 19.8 Å². The van der Waals surface area contributed by atoms with Crippen LogP contribution in [0.3, 0.4) is 0 Å². The van der Waals surface area contributed by atoms with Crippen LogP contribution in [0.2, 0.25) is 0 Å². The van der Waals surface area contributed by atoms with Crippen LogP contribution in [0.1, 0.15) is 19.4 Å². The molecule has 4 rings (SSSR count). The number of methoxy groups -OCH3 is 2. The van der Waals surface area contributed by atoms with Gasteiger partial charge in [-0.15, -0.1) is 0 Å². The fraction of sp³-hybridized carbons (Fsp3) is 0.200. The van der Waals surface area contributed by atoms with E-state index in [0.29, 0.717) is 21.6 Å². The number of hydrogen-bond donors (Lipinski definition) is 2. The standard InChI is InChI=1S/C25H25N5O7S/c1-25(2,31)17-9-10-20(26-15-17)38(33,34)29-23-21(37-19-8-6-5-7-18(19)35-3)24(36-4)28-22(27-23)16-11-13-30(32)14-12-16/h5-15,31H,1-4H3,(H,27,28,29). The van der Waals surface area contributed by atoms with Gasteiger partial charge in [0, 0.05) is 29.5 Å². The predicted octanol–water partition coefficient (Wildman–Crippen LogP) is 3.01. The lowest BCUT2D eigenvalue weighted by atomic mass is 10.0. The number of nitrogens with zero attached hydrogens (tertiary/aromatic N) is 4.